The molecule has 2 unspecified atom stereocenters. The van der Waals surface area contributed by atoms with Crippen LogP contribution >= 0.6 is 15.6 Å². The fraction of sp³-hybridized carbons (Fsp3) is 0.947. The van der Waals surface area contributed by atoms with Gasteiger partial charge in [0, 0.05) is 25.7 Å². The minimum atomic E-state index is -4.96. The van der Waals surface area contributed by atoms with Crippen molar-refractivity contribution in [3.8, 4) is 0 Å². The van der Waals surface area contributed by atoms with E-state index < -0.39 is 97.5 Å². The summed E-state index contributed by atoms with van der Waals surface area (Å²) in [6, 6.07) is 0. The normalized spacial score (nSPS) is 14.0. The largest absolute Gasteiger partial charge is 0.472 e. The maximum atomic E-state index is 13.1. The van der Waals surface area contributed by atoms with Crippen LogP contribution in [0.3, 0.4) is 0 Å². The fourth-order valence-electron chi connectivity index (χ4n) is 11.7. The molecule has 0 aromatic heterocycles. The van der Waals surface area contributed by atoms with Crippen molar-refractivity contribution in [1.29, 1.82) is 0 Å². The molecule has 564 valence electrons. The number of ether oxygens (including phenoxy) is 4. The number of hydrogen-bond donors (Lipinski definition) is 3. The number of carbonyl (C=O) groups is 4. The van der Waals surface area contributed by atoms with Gasteiger partial charge in [0.1, 0.15) is 19.3 Å². The number of aliphatic hydroxyl groups excluding tert-OH is 1. The standard InChI is InChI=1S/C76H148O17P2/c1-7-9-11-13-15-17-19-20-21-24-27-30-34-41-47-53-59-74(79)87-64-71(92-75(80)60-54-48-42-35-31-28-25-22-23-26-29-32-38-44-50-56-68(3)4)66-90-94(82,83)88-62-70(77)63-89-95(84,85)91-67-72(65-86-73(78)58-52-46-40-33-18-16-14-12-10-8-2)93-76(81)61-55-49-43-37-36-39-45-51-57-69(5)6/h68-72,77H,7-67H2,1-6H3,(H,82,83)(H,84,85)/t70-,71-,72-/m1/s1. The van der Waals surface area contributed by atoms with Gasteiger partial charge in [-0.25, -0.2) is 9.13 Å². The predicted molar refractivity (Wildman–Crippen MR) is 386 cm³/mol. The van der Waals surface area contributed by atoms with Crippen LogP contribution in [0.4, 0.5) is 0 Å². The number of phosphoric ester groups is 2. The maximum absolute atomic E-state index is 13.1. The van der Waals surface area contributed by atoms with E-state index >= 15 is 0 Å². The average Bonchev–Trinajstić information content (AvgIpc) is 1.38. The van der Waals surface area contributed by atoms with Crippen molar-refractivity contribution in [2.45, 2.75) is 413 Å². The van der Waals surface area contributed by atoms with E-state index in [1.54, 1.807) is 0 Å². The van der Waals surface area contributed by atoms with E-state index in [1.807, 2.05) is 0 Å². The molecule has 95 heavy (non-hydrogen) atoms. The topological polar surface area (TPSA) is 237 Å². The Morgan fingerprint density at radius 3 is 0.716 bits per heavy atom. The summed E-state index contributed by atoms with van der Waals surface area (Å²) >= 11 is 0. The van der Waals surface area contributed by atoms with Gasteiger partial charge < -0.3 is 33.8 Å². The first-order valence-corrected chi connectivity index (χ1v) is 42.5. The summed E-state index contributed by atoms with van der Waals surface area (Å²) < 4.78 is 68.5. The lowest BCUT2D eigenvalue weighted by molar-refractivity contribution is -0.161. The van der Waals surface area contributed by atoms with Crippen molar-refractivity contribution >= 4 is 39.5 Å². The minimum absolute atomic E-state index is 0.105. The lowest BCUT2D eigenvalue weighted by Gasteiger charge is -2.21. The first kappa shape index (κ1) is 93.1. The molecule has 0 saturated heterocycles. The second kappa shape index (κ2) is 67.9. The SMILES string of the molecule is CCCCCCCCCCCCCCCCCCC(=O)OC[C@H](COP(=O)(O)OC[C@@H](O)COP(=O)(O)OC[C@@H](COC(=O)CCCCCCCCCCCC)OC(=O)CCCCCCCCCCC(C)C)OC(=O)CCCCCCCCCCCCCCCCCC(C)C. The van der Waals surface area contributed by atoms with Gasteiger partial charge in [-0.3, -0.25) is 37.3 Å². The maximum Gasteiger partial charge on any atom is 0.472 e. The second-order valence-corrected chi connectivity index (χ2v) is 31.3. The van der Waals surface area contributed by atoms with Crippen LogP contribution in [0.5, 0.6) is 0 Å². The minimum Gasteiger partial charge on any atom is -0.462 e. The van der Waals surface area contributed by atoms with Gasteiger partial charge in [-0.1, -0.05) is 343 Å². The van der Waals surface area contributed by atoms with Crippen molar-refractivity contribution in [3.05, 3.63) is 0 Å². The lowest BCUT2D eigenvalue weighted by Crippen LogP contribution is -2.30. The third kappa shape index (κ3) is 70.3. The van der Waals surface area contributed by atoms with Gasteiger partial charge in [-0.2, -0.15) is 0 Å². The van der Waals surface area contributed by atoms with Crippen LogP contribution in [0.15, 0.2) is 0 Å². The van der Waals surface area contributed by atoms with Crippen molar-refractivity contribution in [3.63, 3.8) is 0 Å². The number of hydrogen-bond acceptors (Lipinski definition) is 15. The van der Waals surface area contributed by atoms with Crippen molar-refractivity contribution in [1.82, 2.24) is 0 Å². The second-order valence-electron chi connectivity index (χ2n) is 28.3. The quantitative estimate of drug-likeness (QED) is 0.0222. The van der Waals surface area contributed by atoms with Gasteiger partial charge >= 0.3 is 39.5 Å². The van der Waals surface area contributed by atoms with Crippen LogP contribution in [0.1, 0.15) is 395 Å². The molecule has 0 amide bonds. The molecule has 3 N–H and O–H groups in total. The number of carbonyl (C=O) groups excluding carboxylic acids is 4. The first-order valence-electron chi connectivity index (χ1n) is 39.5. The first-order chi connectivity index (χ1) is 45.9. The Balaban J connectivity index is 5.23. The van der Waals surface area contributed by atoms with Crippen molar-refractivity contribution in [2.24, 2.45) is 11.8 Å². The summed E-state index contributed by atoms with van der Waals surface area (Å²) in [5.41, 5.74) is 0. The average molecular weight is 1400 g/mol. The van der Waals surface area contributed by atoms with Gasteiger partial charge in [-0.15, -0.1) is 0 Å². The zero-order chi connectivity index (χ0) is 70.0. The third-order valence-electron chi connectivity index (χ3n) is 17.7. The summed E-state index contributed by atoms with van der Waals surface area (Å²) in [5.74, 6) is -0.595. The molecule has 17 nitrogen and oxygen atoms in total. The van der Waals surface area contributed by atoms with Crippen LogP contribution in [0, 0.1) is 11.8 Å². The van der Waals surface area contributed by atoms with E-state index in [9.17, 15) is 43.2 Å². The highest BCUT2D eigenvalue weighted by atomic mass is 31.2. The molecule has 0 fully saturated rings. The molecule has 5 atom stereocenters. The summed E-state index contributed by atoms with van der Waals surface area (Å²) in [5, 5.41) is 10.6. The number of phosphoric acid groups is 2. The predicted octanol–water partition coefficient (Wildman–Crippen LogP) is 22.3. The summed E-state index contributed by atoms with van der Waals surface area (Å²) in [6.45, 7) is 9.58. The highest BCUT2D eigenvalue weighted by molar-refractivity contribution is 7.47. The van der Waals surface area contributed by atoms with E-state index in [4.69, 9.17) is 37.0 Å². The fourth-order valence-corrected chi connectivity index (χ4v) is 13.2. The Kier molecular flexibility index (Phi) is 66.5. The number of unbranched alkanes of at least 4 members (excludes halogenated alkanes) is 45. The Morgan fingerprint density at radius 2 is 0.484 bits per heavy atom. The molecule has 0 aromatic rings. The molecule has 0 aliphatic carbocycles. The zero-order valence-electron chi connectivity index (χ0n) is 62.0. The van der Waals surface area contributed by atoms with Crippen molar-refractivity contribution in [2.75, 3.05) is 39.6 Å². The van der Waals surface area contributed by atoms with E-state index in [-0.39, 0.29) is 25.7 Å². The van der Waals surface area contributed by atoms with Crippen LogP contribution in [0.2, 0.25) is 0 Å². The zero-order valence-corrected chi connectivity index (χ0v) is 63.8. The van der Waals surface area contributed by atoms with Crippen molar-refractivity contribution < 1.29 is 80.2 Å². The van der Waals surface area contributed by atoms with E-state index in [0.29, 0.717) is 25.7 Å². The molecule has 0 spiro atoms. The Bertz CT molecular complexity index is 1840. The number of aliphatic hydroxyl groups is 1. The summed E-state index contributed by atoms with van der Waals surface area (Å²) in [7, 11) is -9.91. The molecule has 0 aliphatic rings. The molecule has 0 heterocycles. The van der Waals surface area contributed by atoms with Gasteiger partial charge in [0.2, 0.25) is 0 Å². The van der Waals surface area contributed by atoms with Crippen LogP contribution in [-0.4, -0.2) is 96.7 Å². The molecule has 0 aromatic carbocycles. The Morgan fingerprint density at radius 1 is 0.284 bits per heavy atom. The summed E-state index contributed by atoms with van der Waals surface area (Å²) in [4.78, 5) is 72.8. The number of esters is 4. The van der Waals surface area contributed by atoms with Gasteiger partial charge in [0.15, 0.2) is 12.2 Å². The number of rotatable bonds is 75. The van der Waals surface area contributed by atoms with Crippen LogP contribution in [0.25, 0.3) is 0 Å². The smallest absolute Gasteiger partial charge is 0.462 e. The summed E-state index contributed by atoms with van der Waals surface area (Å²) in [6.07, 6.45) is 55.5. The Hall–Kier alpha value is -1.94. The van der Waals surface area contributed by atoms with E-state index in [1.165, 1.54) is 212 Å². The molecule has 0 aliphatic heterocycles. The highest BCUT2D eigenvalue weighted by Crippen LogP contribution is 2.45. The molecule has 0 radical (unpaired) electrons. The van der Waals surface area contributed by atoms with Gasteiger partial charge in [0.05, 0.1) is 26.4 Å². The molecular formula is C76H148O17P2. The third-order valence-corrected chi connectivity index (χ3v) is 19.6. The molecule has 0 saturated carbocycles. The molecular weight excluding hydrogens is 1250 g/mol. The molecule has 0 rings (SSSR count). The van der Waals surface area contributed by atoms with Gasteiger partial charge in [0.25, 0.3) is 0 Å². The van der Waals surface area contributed by atoms with E-state index in [0.717, 1.165) is 102 Å². The molecule has 19 heteroatoms. The lowest BCUT2D eigenvalue weighted by atomic mass is 10.0. The van der Waals surface area contributed by atoms with Gasteiger partial charge in [-0.05, 0) is 37.5 Å². The highest BCUT2D eigenvalue weighted by Gasteiger charge is 2.30. The monoisotopic (exact) mass is 1400 g/mol. The van der Waals surface area contributed by atoms with E-state index in [2.05, 4.69) is 41.5 Å². The van der Waals surface area contributed by atoms with Crippen LogP contribution < -0.4 is 0 Å². The molecule has 0 bridgehead atoms. The Labute approximate surface area is 581 Å². The van der Waals surface area contributed by atoms with Crippen LogP contribution in [-0.2, 0) is 65.4 Å².